The van der Waals surface area contributed by atoms with Gasteiger partial charge >= 0.3 is 0 Å². The molecule has 7 heteroatoms. The molecule has 0 fully saturated rings. The first kappa shape index (κ1) is 15.6. The van der Waals surface area contributed by atoms with Crippen molar-refractivity contribution in [3.63, 3.8) is 0 Å². The predicted molar refractivity (Wildman–Crippen MR) is 81.6 cm³/mol. The van der Waals surface area contributed by atoms with Crippen LogP contribution in [0.5, 0.6) is 11.5 Å². The standard InChI is InChI=1S/C14H19ClN4O2/c1-4-19-14(9(15)8-17-19)13(18-16)12-10(20-2)6-5-7-11(12)21-3/h5-8,13,18H,4,16H2,1-3H3. The van der Waals surface area contributed by atoms with Gasteiger partial charge in [0.05, 0.1) is 42.7 Å². The van der Waals surface area contributed by atoms with E-state index in [1.54, 1.807) is 25.1 Å². The molecular formula is C14H19ClN4O2. The van der Waals surface area contributed by atoms with Crippen LogP contribution in [0.2, 0.25) is 5.02 Å². The minimum atomic E-state index is -0.397. The van der Waals surface area contributed by atoms with Crippen molar-refractivity contribution >= 4 is 11.6 Å². The molecule has 0 saturated carbocycles. The second kappa shape index (κ2) is 6.80. The lowest BCUT2D eigenvalue weighted by Gasteiger charge is -2.22. The molecule has 1 aromatic heterocycles. The number of hydrazine groups is 1. The van der Waals surface area contributed by atoms with Crippen molar-refractivity contribution in [3.8, 4) is 11.5 Å². The second-order valence-corrected chi connectivity index (χ2v) is 4.78. The molecule has 114 valence electrons. The van der Waals surface area contributed by atoms with Gasteiger partial charge in [-0.2, -0.15) is 5.10 Å². The van der Waals surface area contributed by atoms with E-state index in [1.165, 1.54) is 0 Å². The molecule has 1 aromatic carbocycles. The number of methoxy groups -OCH3 is 2. The van der Waals surface area contributed by atoms with Crippen LogP contribution >= 0.6 is 11.6 Å². The maximum absolute atomic E-state index is 6.28. The minimum Gasteiger partial charge on any atom is -0.496 e. The number of aryl methyl sites for hydroxylation is 1. The minimum absolute atomic E-state index is 0.397. The Balaban J connectivity index is 2.64. The first-order chi connectivity index (χ1) is 10.2. The van der Waals surface area contributed by atoms with Crippen LogP contribution in [0.15, 0.2) is 24.4 Å². The largest absolute Gasteiger partial charge is 0.496 e. The van der Waals surface area contributed by atoms with Crippen LogP contribution in [-0.4, -0.2) is 24.0 Å². The van der Waals surface area contributed by atoms with E-state index >= 15 is 0 Å². The highest BCUT2D eigenvalue weighted by Gasteiger charge is 2.26. The molecule has 1 heterocycles. The van der Waals surface area contributed by atoms with E-state index in [2.05, 4.69) is 10.5 Å². The molecule has 0 aliphatic rings. The molecule has 6 nitrogen and oxygen atoms in total. The lowest BCUT2D eigenvalue weighted by molar-refractivity contribution is 0.374. The summed E-state index contributed by atoms with van der Waals surface area (Å²) in [5, 5.41) is 4.78. The fourth-order valence-electron chi connectivity index (χ4n) is 2.37. The molecule has 0 aliphatic carbocycles. The van der Waals surface area contributed by atoms with Crippen LogP contribution in [0, 0.1) is 0 Å². The summed E-state index contributed by atoms with van der Waals surface area (Å²) in [4.78, 5) is 0. The van der Waals surface area contributed by atoms with Crippen molar-refractivity contribution in [2.24, 2.45) is 5.84 Å². The molecule has 0 saturated heterocycles. The van der Waals surface area contributed by atoms with E-state index in [-0.39, 0.29) is 0 Å². The quantitative estimate of drug-likeness (QED) is 0.631. The van der Waals surface area contributed by atoms with E-state index in [0.717, 1.165) is 11.3 Å². The third kappa shape index (κ3) is 2.83. The monoisotopic (exact) mass is 310 g/mol. The van der Waals surface area contributed by atoms with Gasteiger partial charge in [-0.25, -0.2) is 5.43 Å². The molecule has 3 N–H and O–H groups in total. The Morgan fingerprint density at radius 2 is 1.95 bits per heavy atom. The summed E-state index contributed by atoms with van der Waals surface area (Å²) in [6.45, 7) is 2.66. The summed E-state index contributed by atoms with van der Waals surface area (Å²) in [6, 6.07) is 5.16. The zero-order valence-corrected chi connectivity index (χ0v) is 13.0. The van der Waals surface area contributed by atoms with Gasteiger partial charge in [0.1, 0.15) is 11.5 Å². The van der Waals surface area contributed by atoms with Gasteiger partial charge < -0.3 is 9.47 Å². The first-order valence-electron chi connectivity index (χ1n) is 6.56. The number of nitrogens with zero attached hydrogens (tertiary/aromatic N) is 2. The highest BCUT2D eigenvalue weighted by atomic mass is 35.5. The number of nitrogens with two attached hydrogens (primary N) is 1. The van der Waals surface area contributed by atoms with E-state index in [1.807, 2.05) is 25.1 Å². The van der Waals surface area contributed by atoms with Crippen molar-refractivity contribution in [3.05, 3.63) is 40.7 Å². The van der Waals surface area contributed by atoms with Crippen molar-refractivity contribution in [2.45, 2.75) is 19.5 Å². The third-order valence-corrected chi connectivity index (χ3v) is 3.62. The summed E-state index contributed by atoms with van der Waals surface area (Å²) < 4.78 is 12.7. The molecule has 21 heavy (non-hydrogen) atoms. The van der Waals surface area contributed by atoms with Crippen molar-refractivity contribution in [2.75, 3.05) is 14.2 Å². The molecule has 0 spiro atoms. The summed E-state index contributed by atoms with van der Waals surface area (Å²) in [6.07, 6.45) is 1.60. The average molecular weight is 311 g/mol. The van der Waals surface area contributed by atoms with Crippen LogP contribution in [0.1, 0.15) is 24.2 Å². The van der Waals surface area contributed by atoms with E-state index in [0.29, 0.717) is 23.1 Å². The number of benzene rings is 1. The zero-order valence-electron chi connectivity index (χ0n) is 12.3. The van der Waals surface area contributed by atoms with Crippen LogP contribution in [0.3, 0.4) is 0 Å². The number of halogens is 1. The van der Waals surface area contributed by atoms with Gasteiger partial charge in [-0.3, -0.25) is 10.5 Å². The Kier molecular flexibility index (Phi) is 5.06. The molecule has 1 unspecified atom stereocenters. The lowest BCUT2D eigenvalue weighted by Crippen LogP contribution is -2.31. The number of rotatable bonds is 6. The molecule has 0 aliphatic heterocycles. The van der Waals surface area contributed by atoms with Gasteiger partial charge in [-0.1, -0.05) is 17.7 Å². The van der Waals surface area contributed by atoms with Crippen LogP contribution in [0.25, 0.3) is 0 Å². The Morgan fingerprint density at radius 3 is 2.43 bits per heavy atom. The van der Waals surface area contributed by atoms with E-state index < -0.39 is 6.04 Å². The highest BCUT2D eigenvalue weighted by Crippen LogP contribution is 2.38. The number of nitrogens with one attached hydrogen (secondary N) is 1. The number of ether oxygens (including phenoxy) is 2. The summed E-state index contributed by atoms with van der Waals surface area (Å²) >= 11 is 6.28. The maximum atomic E-state index is 6.28. The van der Waals surface area contributed by atoms with Crippen LogP contribution in [-0.2, 0) is 6.54 Å². The van der Waals surface area contributed by atoms with Crippen molar-refractivity contribution < 1.29 is 9.47 Å². The summed E-state index contributed by atoms with van der Waals surface area (Å²) in [7, 11) is 3.20. The topological polar surface area (TPSA) is 74.3 Å². The zero-order chi connectivity index (χ0) is 15.4. The van der Waals surface area contributed by atoms with Crippen LogP contribution < -0.4 is 20.7 Å². The van der Waals surface area contributed by atoms with Crippen molar-refractivity contribution in [1.29, 1.82) is 0 Å². The molecule has 0 amide bonds. The van der Waals surface area contributed by atoms with Gasteiger partial charge in [-0.05, 0) is 19.1 Å². The normalized spacial score (nSPS) is 12.2. The fraction of sp³-hybridized carbons (Fsp3) is 0.357. The number of hydrogen-bond acceptors (Lipinski definition) is 5. The summed E-state index contributed by atoms with van der Waals surface area (Å²) in [5.74, 6) is 7.10. The average Bonchev–Trinajstić information content (AvgIpc) is 2.89. The van der Waals surface area contributed by atoms with Gasteiger partial charge in [0.15, 0.2) is 0 Å². The third-order valence-electron chi connectivity index (χ3n) is 3.33. The first-order valence-corrected chi connectivity index (χ1v) is 6.93. The molecule has 0 radical (unpaired) electrons. The highest BCUT2D eigenvalue weighted by molar-refractivity contribution is 6.31. The Hall–Kier alpha value is -1.76. The second-order valence-electron chi connectivity index (χ2n) is 4.37. The molecule has 2 rings (SSSR count). The predicted octanol–water partition coefficient (Wildman–Crippen LogP) is 2.13. The summed E-state index contributed by atoms with van der Waals surface area (Å²) in [5.41, 5.74) is 4.33. The van der Waals surface area contributed by atoms with Crippen molar-refractivity contribution in [1.82, 2.24) is 15.2 Å². The Morgan fingerprint density at radius 1 is 1.33 bits per heavy atom. The lowest BCUT2D eigenvalue weighted by atomic mass is 10.0. The van der Waals surface area contributed by atoms with E-state index in [4.69, 9.17) is 26.9 Å². The molecule has 1 atom stereocenters. The van der Waals surface area contributed by atoms with Gasteiger partial charge in [0, 0.05) is 6.54 Å². The number of aromatic nitrogens is 2. The Bertz CT molecular complexity index is 593. The maximum Gasteiger partial charge on any atom is 0.127 e. The molecule has 2 aromatic rings. The fourth-order valence-corrected chi connectivity index (χ4v) is 2.62. The van der Waals surface area contributed by atoms with Gasteiger partial charge in [-0.15, -0.1) is 0 Å². The molecular weight excluding hydrogens is 292 g/mol. The van der Waals surface area contributed by atoms with Crippen LogP contribution in [0.4, 0.5) is 0 Å². The smallest absolute Gasteiger partial charge is 0.127 e. The molecule has 0 bridgehead atoms. The van der Waals surface area contributed by atoms with E-state index in [9.17, 15) is 0 Å². The van der Waals surface area contributed by atoms with Gasteiger partial charge in [0.2, 0.25) is 0 Å². The Labute approximate surface area is 128 Å². The van der Waals surface area contributed by atoms with Gasteiger partial charge in [0.25, 0.3) is 0 Å². The SMILES string of the molecule is CCn1ncc(Cl)c1C(NN)c1c(OC)cccc1OC. The number of hydrogen-bond donors (Lipinski definition) is 2.